The molecule has 21 heavy (non-hydrogen) atoms. The van der Waals surface area contributed by atoms with Crippen molar-refractivity contribution >= 4 is 17.3 Å². The van der Waals surface area contributed by atoms with Crippen molar-refractivity contribution in [3.05, 3.63) is 36.2 Å². The molecular formula is C16H22N4O. The van der Waals surface area contributed by atoms with Gasteiger partial charge in [0.25, 0.3) is 0 Å². The molecule has 0 saturated heterocycles. The van der Waals surface area contributed by atoms with Gasteiger partial charge >= 0.3 is 0 Å². The number of nitrogens with one attached hydrogen (secondary N) is 1. The van der Waals surface area contributed by atoms with Crippen molar-refractivity contribution in [1.29, 1.82) is 0 Å². The van der Waals surface area contributed by atoms with Gasteiger partial charge in [-0.2, -0.15) is 0 Å². The van der Waals surface area contributed by atoms with Crippen molar-refractivity contribution < 1.29 is 4.74 Å². The highest BCUT2D eigenvalue weighted by atomic mass is 16.5. The molecule has 5 nitrogen and oxygen atoms in total. The van der Waals surface area contributed by atoms with Crippen molar-refractivity contribution in [2.75, 3.05) is 30.9 Å². The van der Waals surface area contributed by atoms with Crippen molar-refractivity contribution in [3.8, 4) is 5.75 Å². The lowest BCUT2D eigenvalue weighted by Gasteiger charge is -2.19. The summed E-state index contributed by atoms with van der Waals surface area (Å²) < 4.78 is 5.18. The van der Waals surface area contributed by atoms with Gasteiger partial charge in [-0.15, -0.1) is 0 Å². The number of rotatable bonds is 6. The molecule has 2 rings (SSSR count). The van der Waals surface area contributed by atoms with Gasteiger partial charge in [-0.25, -0.2) is 9.97 Å². The number of nitrogens with zero attached hydrogens (tertiary/aromatic N) is 3. The van der Waals surface area contributed by atoms with Crippen molar-refractivity contribution in [2.45, 2.75) is 20.3 Å². The maximum atomic E-state index is 5.18. The fourth-order valence-electron chi connectivity index (χ4n) is 2.01. The summed E-state index contributed by atoms with van der Waals surface area (Å²) in [5.74, 6) is 3.33. The van der Waals surface area contributed by atoms with Gasteiger partial charge in [0.15, 0.2) is 0 Å². The molecule has 0 bridgehead atoms. The predicted octanol–water partition coefficient (Wildman–Crippen LogP) is 3.38. The maximum absolute atomic E-state index is 5.18. The van der Waals surface area contributed by atoms with E-state index in [1.165, 1.54) is 0 Å². The van der Waals surface area contributed by atoms with Gasteiger partial charge in [0.1, 0.15) is 23.2 Å². The fraction of sp³-hybridized carbons (Fsp3) is 0.375. The van der Waals surface area contributed by atoms with E-state index in [2.05, 4.69) is 22.2 Å². The number of hydrogen-bond acceptors (Lipinski definition) is 5. The van der Waals surface area contributed by atoms with Crippen LogP contribution in [0.5, 0.6) is 5.75 Å². The highest BCUT2D eigenvalue weighted by Crippen LogP contribution is 2.25. The summed E-state index contributed by atoms with van der Waals surface area (Å²) in [6.07, 6.45) is 1.06. The summed E-state index contributed by atoms with van der Waals surface area (Å²) in [5.41, 5.74) is 1.05. The van der Waals surface area contributed by atoms with Crippen LogP contribution < -0.4 is 15.0 Å². The summed E-state index contributed by atoms with van der Waals surface area (Å²) in [7, 11) is 3.66. The maximum Gasteiger partial charge on any atom is 0.138 e. The molecule has 0 aliphatic heterocycles. The average molecular weight is 286 g/mol. The van der Waals surface area contributed by atoms with Gasteiger partial charge in [0.2, 0.25) is 0 Å². The summed E-state index contributed by atoms with van der Waals surface area (Å²) in [5, 5.41) is 3.30. The van der Waals surface area contributed by atoms with E-state index in [-0.39, 0.29) is 0 Å². The Balaban J connectivity index is 2.24. The van der Waals surface area contributed by atoms with Crippen LogP contribution in [-0.4, -0.2) is 30.7 Å². The molecule has 0 radical (unpaired) electrons. The number of ether oxygens (including phenoxy) is 1. The van der Waals surface area contributed by atoms with Crippen molar-refractivity contribution in [1.82, 2.24) is 9.97 Å². The molecule has 1 N–H and O–H groups in total. The molecule has 0 amide bonds. The first-order valence-corrected chi connectivity index (χ1v) is 7.11. The van der Waals surface area contributed by atoms with Crippen molar-refractivity contribution in [3.63, 3.8) is 0 Å². The number of hydrogen-bond donors (Lipinski definition) is 1. The van der Waals surface area contributed by atoms with E-state index in [0.717, 1.165) is 41.9 Å². The Labute approximate surface area is 126 Å². The summed E-state index contributed by atoms with van der Waals surface area (Å²) in [6.45, 7) is 4.94. The van der Waals surface area contributed by atoms with E-state index in [4.69, 9.17) is 4.74 Å². The third-order valence-corrected chi connectivity index (χ3v) is 3.18. The van der Waals surface area contributed by atoms with E-state index in [0.29, 0.717) is 0 Å². The van der Waals surface area contributed by atoms with Crippen molar-refractivity contribution in [2.24, 2.45) is 0 Å². The Morgan fingerprint density at radius 2 is 1.90 bits per heavy atom. The molecule has 112 valence electrons. The minimum absolute atomic E-state index is 0.756. The molecule has 0 saturated carbocycles. The Kier molecular flexibility index (Phi) is 4.98. The summed E-state index contributed by atoms with van der Waals surface area (Å²) in [4.78, 5) is 10.9. The second-order valence-corrected chi connectivity index (χ2v) is 4.84. The van der Waals surface area contributed by atoms with Gasteiger partial charge in [0, 0.05) is 25.3 Å². The number of aromatic nitrogens is 2. The zero-order chi connectivity index (χ0) is 15.2. The van der Waals surface area contributed by atoms with Crippen LogP contribution >= 0.6 is 0 Å². The van der Waals surface area contributed by atoms with Gasteiger partial charge in [-0.3, -0.25) is 0 Å². The first-order chi connectivity index (χ1) is 10.1. The number of anilines is 3. The lowest BCUT2D eigenvalue weighted by atomic mass is 10.3. The average Bonchev–Trinajstić information content (AvgIpc) is 2.51. The number of aryl methyl sites for hydroxylation is 1. The monoisotopic (exact) mass is 286 g/mol. The zero-order valence-corrected chi connectivity index (χ0v) is 13.1. The molecule has 0 aliphatic carbocycles. The molecule has 0 unspecified atom stereocenters. The third kappa shape index (κ3) is 3.84. The smallest absolute Gasteiger partial charge is 0.138 e. The van der Waals surface area contributed by atoms with Crippen LogP contribution in [0.15, 0.2) is 30.3 Å². The largest absolute Gasteiger partial charge is 0.497 e. The summed E-state index contributed by atoms with van der Waals surface area (Å²) in [6, 6.07) is 9.87. The van der Waals surface area contributed by atoms with Crippen LogP contribution in [0.3, 0.4) is 0 Å². The normalized spacial score (nSPS) is 10.3. The van der Waals surface area contributed by atoms with Gasteiger partial charge in [-0.1, -0.05) is 6.92 Å². The second kappa shape index (κ2) is 6.92. The molecule has 5 heteroatoms. The second-order valence-electron chi connectivity index (χ2n) is 4.84. The predicted molar refractivity (Wildman–Crippen MR) is 86.6 cm³/mol. The SMILES string of the molecule is CCCNc1cc(N(C)c2ccc(OC)cc2)nc(C)n1. The first kappa shape index (κ1) is 15.1. The van der Waals surface area contributed by atoms with E-state index in [1.807, 2.05) is 49.2 Å². The molecule has 2 aromatic rings. The van der Waals surface area contributed by atoms with E-state index >= 15 is 0 Å². The van der Waals surface area contributed by atoms with Crippen LogP contribution in [0, 0.1) is 6.92 Å². The molecule has 1 aromatic heterocycles. The topological polar surface area (TPSA) is 50.3 Å². The Bertz CT molecular complexity index is 583. The van der Waals surface area contributed by atoms with E-state index in [9.17, 15) is 0 Å². The minimum atomic E-state index is 0.756. The lowest BCUT2D eigenvalue weighted by Crippen LogP contribution is -2.13. The summed E-state index contributed by atoms with van der Waals surface area (Å²) >= 11 is 0. The van der Waals surface area contributed by atoms with Crippen LogP contribution in [0.25, 0.3) is 0 Å². The molecule has 0 spiro atoms. The Morgan fingerprint density at radius 1 is 1.19 bits per heavy atom. The van der Waals surface area contributed by atoms with E-state index in [1.54, 1.807) is 7.11 Å². The number of benzene rings is 1. The van der Waals surface area contributed by atoms with Crippen LogP contribution in [0.1, 0.15) is 19.2 Å². The van der Waals surface area contributed by atoms with Gasteiger partial charge in [-0.05, 0) is 37.6 Å². The highest BCUT2D eigenvalue weighted by Gasteiger charge is 2.08. The molecule has 0 fully saturated rings. The lowest BCUT2D eigenvalue weighted by molar-refractivity contribution is 0.415. The standard InChI is InChI=1S/C16H22N4O/c1-5-10-17-15-11-16(19-12(2)18-15)20(3)13-6-8-14(21-4)9-7-13/h6-9,11H,5,10H2,1-4H3,(H,17,18,19). The van der Waals surface area contributed by atoms with E-state index < -0.39 is 0 Å². The number of methoxy groups -OCH3 is 1. The first-order valence-electron chi connectivity index (χ1n) is 7.11. The van der Waals surface area contributed by atoms with Gasteiger partial charge in [0.05, 0.1) is 7.11 Å². The highest BCUT2D eigenvalue weighted by molar-refractivity contribution is 5.62. The molecule has 0 atom stereocenters. The fourth-order valence-corrected chi connectivity index (χ4v) is 2.01. The molecular weight excluding hydrogens is 264 g/mol. The zero-order valence-electron chi connectivity index (χ0n) is 13.1. The molecule has 1 aromatic carbocycles. The van der Waals surface area contributed by atoms with Gasteiger partial charge < -0.3 is 15.0 Å². The quantitative estimate of drug-likeness (QED) is 0.882. The third-order valence-electron chi connectivity index (χ3n) is 3.18. The molecule has 0 aliphatic rings. The molecule has 1 heterocycles. The minimum Gasteiger partial charge on any atom is -0.497 e. The van der Waals surface area contributed by atoms with Crippen LogP contribution in [0.4, 0.5) is 17.3 Å². The Morgan fingerprint density at radius 3 is 2.52 bits per heavy atom. The van der Waals surface area contributed by atoms with Crippen LogP contribution in [-0.2, 0) is 0 Å². The van der Waals surface area contributed by atoms with Crippen LogP contribution in [0.2, 0.25) is 0 Å². The Hall–Kier alpha value is -2.30.